The molecule has 0 heterocycles. The van der Waals surface area contributed by atoms with Crippen molar-refractivity contribution in [2.24, 2.45) is 0 Å². The van der Waals surface area contributed by atoms with Gasteiger partial charge in [0.1, 0.15) is 0 Å². The van der Waals surface area contributed by atoms with Crippen molar-refractivity contribution in [1.29, 1.82) is 0 Å². The first-order valence-corrected chi connectivity index (χ1v) is 5.90. The lowest BCUT2D eigenvalue weighted by Gasteiger charge is -2.06. The minimum Gasteiger partial charge on any atom is -0.465 e. The molecule has 2 rings (SSSR count). The third-order valence-corrected chi connectivity index (χ3v) is 2.66. The van der Waals surface area contributed by atoms with E-state index in [1.54, 1.807) is 18.2 Å². The standard InChI is InChI=1S/C13H14N2O4/c1-19-13(18)8-3-2-4-10(7-8)15-12(17)11(16)14-9-5-6-9/h2-4,7,9H,5-6H2,1H3,(H,14,16)(H,15,17). The highest BCUT2D eigenvalue weighted by atomic mass is 16.5. The van der Waals surface area contributed by atoms with Crippen molar-refractivity contribution < 1.29 is 19.1 Å². The minimum atomic E-state index is -0.742. The summed E-state index contributed by atoms with van der Waals surface area (Å²) in [6.45, 7) is 0. The Morgan fingerprint density at radius 1 is 1.21 bits per heavy atom. The largest absolute Gasteiger partial charge is 0.465 e. The van der Waals surface area contributed by atoms with Crippen LogP contribution in [-0.4, -0.2) is 30.9 Å². The van der Waals surface area contributed by atoms with Crippen LogP contribution in [0.1, 0.15) is 23.2 Å². The molecule has 1 aliphatic rings. The van der Waals surface area contributed by atoms with E-state index in [1.165, 1.54) is 13.2 Å². The first-order valence-electron chi connectivity index (χ1n) is 5.90. The molecule has 19 heavy (non-hydrogen) atoms. The summed E-state index contributed by atoms with van der Waals surface area (Å²) in [7, 11) is 1.27. The molecule has 0 radical (unpaired) electrons. The van der Waals surface area contributed by atoms with Crippen LogP contribution in [0.3, 0.4) is 0 Å². The Balaban J connectivity index is 1.99. The number of esters is 1. The fraction of sp³-hybridized carbons (Fsp3) is 0.308. The summed E-state index contributed by atoms with van der Waals surface area (Å²) in [5.74, 6) is -1.90. The van der Waals surface area contributed by atoms with Crippen molar-refractivity contribution in [3.05, 3.63) is 29.8 Å². The van der Waals surface area contributed by atoms with Gasteiger partial charge in [-0.2, -0.15) is 0 Å². The third kappa shape index (κ3) is 3.54. The second kappa shape index (κ2) is 5.51. The van der Waals surface area contributed by atoms with Gasteiger partial charge in [0.2, 0.25) is 0 Å². The molecule has 1 saturated carbocycles. The lowest BCUT2D eigenvalue weighted by Crippen LogP contribution is -2.36. The molecule has 6 heteroatoms. The number of nitrogens with one attached hydrogen (secondary N) is 2. The van der Waals surface area contributed by atoms with E-state index < -0.39 is 17.8 Å². The first kappa shape index (κ1) is 13.1. The summed E-state index contributed by atoms with van der Waals surface area (Å²) in [4.78, 5) is 34.4. The average molecular weight is 262 g/mol. The second-order valence-electron chi connectivity index (χ2n) is 4.27. The van der Waals surface area contributed by atoms with Crippen LogP contribution < -0.4 is 10.6 Å². The van der Waals surface area contributed by atoms with Gasteiger partial charge in [0.25, 0.3) is 0 Å². The van der Waals surface area contributed by atoms with Crippen LogP contribution in [0.15, 0.2) is 24.3 Å². The van der Waals surface area contributed by atoms with E-state index in [4.69, 9.17) is 0 Å². The Hall–Kier alpha value is -2.37. The monoisotopic (exact) mass is 262 g/mol. The molecule has 0 saturated heterocycles. The molecule has 6 nitrogen and oxygen atoms in total. The van der Waals surface area contributed by atoms with Crippen LogP contribution >= 0.6 is 0 Å². The number of anilines is 1. The predicted octanol–water partition coefficient (Wildman–Crippen LogP) is 0.690. The van der Waals surface area contributed by atoms with Crippen LogP contribution in [0.2, 0.25) is 0 Å². The molecule has 0 aromatic heterocycles. The Morgan fingerprint density at radius 3 is 2.58 bits per heavy atom. The molecule has 0 atom stereocenters. The topological polar surface area (TPSA) is 84.5 Å². The van der Waals surface area contributed by atoms with E-state index in [-0.39, 0.29) is 6.04 Å². The van der Waals surface area contributed by atoms with E-state index in [0.717, 1.165) is 12.8 Å². The number of carbonyl (C=O) groups excluding carboxylic acids is 3. The molecule has 0 unspecified atom stereocenters. The van der Waals surface area contributed by atoms with Crippen LogP contribution in [0.5, 0.6) is 0 Å². The van der Waals surface area contributed by atoms with E-state index in [9.17, 15) is 14.4 Å². The number of hydrogen-bond acceptors (Lipinski definition) is 4. The van der Waals surface area contributed by atoms with E-state index in [0.29, 0.717) is 11.3 Å². The number of rotatable bonds is 3. The summed E-state index contributed by atoms with van der Waals surface area (Å²) in [5.41, 5.74) is 0.682. The molecular formula is C13H14N2O4. The fourth-order valence-electron chi connectivity index (χ4n) is 1.51. The van der Waals surface area contributed by atoms with Crippen molar-refractivity contribution in [2.45, 2.75) is 18.9 Å². The maximum Gasteiger partial charge on any atom is 0.337 e. The van der Waals surface area contributed by atoms with Gasteiger partial charge in [0.15, 0.2) is 0 Å². The third-order valence-electron chi connectivity index (χ3n) is 2.66. The summed E-state index contributed by atoms with van der Waals surface area (Å²) in [6.07, 6.45) is 1.83. The van der Waals surface area contributed by atoms with Crippen LogP contribution in [0.25, 0.3) is 0 Å². The minimum absolute atomic E-state index is 0.125. The number of ether oxygens (including phenoxy) is 1. The summed E-state index contributed by atoms with van der Waals surface area (Å²) in [5, 5.41) is 5.02. The zero-order chi connectivity index (χ0) is 13.8. The molecule has 1 aromatic carbocycles. The molecule has 0 bridgehead atoms. The summed E-state index contributed by atoms with van der Waals surface area (Å²) >= 11 is 0. The molecule has 0 aliphatic heterocycles. The van der Waals surface area contributed by atoms with Crippen molar-refractivity contribution >= 4 is 23.5 Å². The number of hydrogen-bond donors (Lipinski definition) is 2. The average Bonchev–Trinajstić information content (AvgIpc) is 3.22. The van der Waals surface area contributed by atoms with Crippen molar-refractivity contribution in [2.75, 3.05) is 12.4 Å². The van der Waals surface area contributed by atoms with Gasteiger partial charge in [0.05, 0.1) is 12.7 Å². The number of carbonyl (C=O) groups is 3. The van der Waals surface area contributed by atoms with Gasteiger partial charge in [0, 0.05) is 11.7 Å². The maximum absolute atomic E-state index is 11.6. The maximum atomic E-state index is 11.6. The highest BCUT2D eigenvalue weighted by Crippen LogP contribution is 2.18. The van der Waals surface area contributed by atoms with Gasteiger partial charge in [-0.25, -0.2) is 4.79 Å². The normalized spacial score (nSPS) is 13.5. The Morgan fingerprint density at radius 2 is 1.95 bits per heavy atom. The number of amides is 2. The lowest BCUT2D eigenvalue weighted by atomic mass is 10.2. The quantitative estimate of drug-likeness (QED) is 0.620. The molecule has 1 fully saturated rings. The van der Waals surface area contributed by atoms with Crippen molar-refractivity contribution in [1.82, 2.24) is 5.32 Å². The zero-order valence-electron chi connectivity index (χ0n) is 10.4. The van der Waals surface area contributed by atoms with Crippen LogP contribution in [0, 0.1) is 0 Å². The van der Waals surface area contributed by atoms with Crippen molar-refractivity contribution in [3.63, 3.8) is 0 Å². The Labute approximate surface area is 110 Å². The van der Waals surface area contributed by atoms with Gasteiger partial charge >= 0.3 is 17.8 Å². The molecule has 1 aromatic rings. The zero-order valence-corrected chi connectivity index (χ0v) is 10.4. The van der Waals surface area contributed by atoms with Crippen molar-refractivity contribution in [3.8, 4) is 0 Å². The molecule has 1 aliphatic carbocycles. The molecule has 2 N–H and O–H groups in total. The molecule has 100 valence electrons. The van der Waals surface area contributed by atoms with Crippen LogP contribution in [0.4, 0.5) is 5.69 Å². The molecule has 2 amide bonds. The van der Waals surface area contributed by atoms with E-state index in [1.807, 2.05) is 0 Å². The van der Waals surface area contributed by atoms with E-state index >= 15 is 0 Å². The fourth-order valence-corrected chi connectivity index (χ4v) is 1.51. The summed E-state index contributed by atoms with van der Waals surface area (Å²) in [6, 6.07) is 6.33. The number of methoxy groups -OCH3 is 1. The predicted molar refractivity (Wildman–Crippen MR) is 67.6 cm³/mol. The molecular weight excluding hydrogens is 248 g/mol. The Kier molecular flexibility index (Phi) is 3.79. The van der Waals surface area contributed by atoms with Gasteiger partial charge < -0.3 is 15.4 Å². The lowest BCUT2D eigenvalue weighted by molar-refractivity contribution is -0.136. The van der Waals surface area contributed by atoms with Gasteiger partial charge in [-0.05, 0) is 31.0 Å². The van der Waals surface area contributed by atoms with Gasteiger partial charge in [-0.15, -0.1) is 0 Å². The second-order valence-corrected chi connectivity index (χ2v) is 4.27. The first-order chi connectivity index (χ1) is 9.10. The van der Waals surface area contributed by atoms with Crippen LogP contribution in [-0.2, 0) is 14.3 Å². The van der Waals surface area contributed by atoms with Gasteiger partial charge in [-0.3, -0.25) is 9.59 Å². The molecule has 0 spiro atoms. The highest BCUT2D eigenvalue weighted by molar-refractivity contribution is 6.39. The highest BCUT2D eigenvalue weighted by Gasteiger charge is 2.26. The van der Waals surface area contributed by atoms with E-state index in [2.05, 4.69) is 15.4 Å². The SMILES string of the molecule is COC(=O)c1cccc(NC(=O)C(=O)NC2CC2)c1. The Bertz CT molecular complexity index is 523. The summed E-state index contributed by atoms with van der Waals surface area (Å²) < 4.78 is 4.57. The van der Waals surface area contributed by atoms with Gasteiger partial charge in [-0.1, -0.05) is 6.07 Å². The number of benzene rings is 1. The smallest absolute Gasteiger partial charge is 0.337 e.